The van der Waals surface area contributed by atoms with Gasteiger partial charge in [-0.15, -0.1) is 0 Å². The fourth-order valence-corrected chi connectivity index (χ4v) is 4.51. The Hall–Kier alpha value is -4.79. The number of anilines is 3. The van der Waals surface area contributed by atoms with E-state index in [0.717, 1.165) is 10.5 Å². The zero-order chi connectivity index (χ0) is 28.9. The van der Waals surface area contributed by atoms with Gasteiger partial charge >= 0.3 is 0 Å². The van der Waals surface area contributed by atoms with E-state index in [1.165, 1.54) is 13.2 Å². The van der Waals surface area contributed by atoms with Crippen LogP contribution in [0, 0.1) is 0 Å². The molecule has 0 radical (unpaired) electrons. The lowest BCUT2D eigenvalue weighted by Gasteiger charge is -2.18. The van der Waals surface area contributed by atoms with E-state index in [-0.39, 0.29) is 28.1 Å². The second-order valence-corrected chi connectivity index (χ2v) is 9.72. The molecule has 0 aromatic heterocycles. The first-order chi connectivity index (χ1) is 19.8. The molecule has 2 N–H and O–H groups in total. The van der Waals surface area contributed by atoms with E-state index in [9.17, 15) is 14.4 Å². The van der Waals surface area contributed by atoms with Crippen LogP contribution < -0.4 is 25.0 Å². The monoisotopic (exact) mass is 587 g/mol. The molecule has 1 aliphatic rings. The largest absolute Gasteiger partial charge is 0.495 e. The highest BCUT2D eigenvalue weighted by molar-refractivity contribution is 6.53. The summed E-state index contributed by atoms with van der Waals surface area (Å²) in [6, 6.07) is 27.9. The molecule has 0 aliphatic carbocycles. The van der Waals surface area contributed by atoms with Crippen LogP contribution in [0.3, 0.4) is 0 Å². The summed E-state index contributed by atoms with van der Waals surface area (Å²) >= 11 is 12.4. The summed E-state index contributed by atoms with van der Waals surface area (Å²) in [6.07, 6.45) is 0. The van der Waals surface area contributed by atoms with Crippen LogP contribution in [-0.4, -0.2) is 24.8 Å². The number of rotatable bonds is 9. The third-order valence-electron chi connectivity index (χ3n) is 6.16. The number of carbonyl (C=O) groups excluding carboxylic acids is 3. The fraction of sp³-hybridized carbons (Fsp3) is 0.0645. The van der Waals surface area contributed by atoms with Gasteiger partial charge in [0.2, 0.25) is 0 Å². The molecule has 4 aromatic carbocycles. The van der Waals surface area contributed by atoms with Gasteiger partial charge in [0.1, 0.15) is 28.8 Å². The van der Waals surface area contributed by atoms with Gasteiger partial charge in [-0.2, -0.15) is 0 Å². The minimum Gasteiger partial charge on any atom is -0.495 e. The van der Waals surface area contributed by atoms with E-state index in [1.807, 2.05) is 30.3 Å². The van der Waals surface area contributed by atoms with E-state index < -0.39 is 11.8 Å². The Morgan fingerprint density at radius 2 is 1.59 bits per heavy atom. The number of nitrogens with zero attached hydrogens (tertiary/aromatic N) is 1. The van der Waals surface area contributed by atoms with Crippen LogP contribution in [0.1, 0.15) is 15.9 Å². The fourth-order valence-electron chi connectivity index (χ4n) is 4.13. The van der Waals surface area contributed by atoms with Crippen molar-refractivity contribution in [2.75, 3.05) is 22.6 Å². The van der Waals surface area contributed by atoms with Gasteiger partial charge in [-0.05, 0) is 66.2 Å². The van der Waals surface area contributed by atoms with Gasteiger partial charge in [0.25, 0.3) is 17.7 Å². The molecule has 0 saturated carbocycles. The van der Waals surface area contributed by atoms with Crippen molar-refractivity contribution in [2.45, 2.75) is 6.61 Å². The lowest BCUT2D eigenvalue weighted by Crippen LogP contribution is -2.32. The van der Waals surface area contributed by atoms with Crippen molar-refractivity contribution in [3.63, 3.8) is 0 Å². The summed E-state index contributed by atoms with van der Waals surface area (Å²) in [5, 5.41) is 5.73. The molecule has 0 atom stereocenters. The van der Waals surface area contributed by atoms with Gasteiger partial charge in [0, 0.05) is 22.0 Å². The molecule has 8 nitrogen and oxygen atoms in total. The first-order valence-electron chi connectivity index (χ1n) is 12.4. The van der Waals surface area contributed by atoms with Crippen LogP contribution in [0.25, 0.3) is 0 Å². The van der Waals surface area contributed by atoms with Gasteiger partial charge in [-0.1, -0.05) is 59.6 Å². The summed E-state index contributed by atoms with van der Waals surface area (Å²) in [5.41, 5.74) is 2.36. The number of ether oxygens (including phenoxy) is 2. The number of benzene rings is 4. The van der Waals surface area contributed by atoms with Gasteiger partial charge < -0.3 is 20.1 Å². The van der Waals surface area contributed by atoms with Crippen molar-refractivity contribution in [1.82, 2.24) is 0 Å². The number of carbonyl (C=O) groups is 3. The average molecular weight is 588 g/mol. The van der Waals surface area contributed by atoms with E-state index in [2.05, 4.69) is 10.6 Å². The average Bonchev–Trinajstić information content (AvgIpc) is 3.20. The van der Waals surface area contributed by atoms with Gasteiger partial charge in [0.15, 0.2) is 0 Å². The first-order valence-corrected chi connectivity index (χ1v) is 13.2. The minimum absolute atomic E-state index is 0.137. The number of nitrogens with one attached hydrogen (secondary N) is 2. The SMILES string of the molecule is COc1ccc(Cl)cc1N1C(=O)C(Cl)=C(Nc2cccc(C(=O)Nc3ccc(OCc4ccccc4)cc3)c2)C1=O. The Morgan fingerprint density at radius 3 is 2.32 bits per heavy atom. The lowest BCUT2D eigenvalue weighted by molar-refractivity contribution is -0.120. The normalized spacial score (nSPS) is 12.9. The smallest absolute Gasteiger partial charge is 0.283 e. The Morgan fingerprint density at radius 1 is 0.829 bits per heavy atom. The molecule has 1 aliphatic heterocycles. The molecule has 1 heterocycles. The first kappa shape index (κ1) is 27.8. The summed E-state index contributed by atoms with van der Waals surface area (Å²) in [5.74, 6) is -0.847. The molecule has 3 amide bonds. The third-order valence-corrected chi connectivity index (χ3v) is 6.75. The topological polar surface area (TPSA) is 97.0 Å². The standard InChI is InChI=1S/C31H23Cl2N3O5/c1-40-26-15-10-21(32)17-25(26)36-30(38)27(33)28(31(36)39)34-23-9-5-8-20(16-23)29(37)35-22-11-13-24(14-12-22)41-18-19-6-3-2-4-7-19/h2-17,34H,18H2,1H3,(H,35,37). The molecule has 10 heteroatoms. The van der Waals surface area contributed by atoms with Crippen LogP contribution in [0.5, 0.6) is 11.5 Å². The van der Waals surface area contributed by atoms with E-state index in [1.54, 1.807) is 60.7 Å². The second-order valence-electron chi connectivity index (χ2n) is 8.91. The Kier molecular flexibility index (Phi) is 8.24. The van der Waals surface area contributed by atoms with Crippen LogP contribution in [-0.2, 0) is 16.2 Å². The maximum Gasteiger partial charge on any atom is 0.283 e. The molecule has 0 fully saturated rings. The van der Waals surface area contributed by atoms with Crippen LogP contribution >= 0.6 is 23.2 Å². The van der Waals surface area contributed by atoms with Crippen LogP contribution in [0.4, 0.5) is 17.1 Å². The number of hydrogen-bond donors (Lipinski definition) is 2. The predicted octanol–water partition coefficient (Wildman–Crippen LogP) is 6.62. The van der Waals surface area contributed by atoms with Crippen LogP contribution in [0.15, 0.2) is 108 Å². The summed E-state index contributed by atoms with van der Waals surface area (Å²) in [6.45, 7) is 0.436. The van der Waals surface area contributed by atoms with Crippen molar-refractivity contribution in [3.8, 4) is 11.5 Å². The minimum atomic E-state index is -0.732. The van der Waals surface area contributed by atoms with Crippen molar-refractivity contribution >= 4 is 58.0 Å². The number of imide groups is 1. The molecular formula is C31H23Cl2N3O5. The predicted molar refractivity (Wildman–Crippen MR) is 159 cm³/mol. The molecule has 41 heavy (non-hydrogen) atoms. The number of amides is 3. The zero-order valence-corrected chi connectivity index (χ0v) is 23.2. The maximum atomic E-state index is 13.2. The van der Waals surface area contributed by atoms with Crippen molar-refractivity contribution in [1.29, 1.82) is 0 Å². The van der Waals surface area contributed by atoms with Crippen molar-refractivity contribution in [3.05, 3.63) is 124 Å². The van der Waals surface area contributed by atoms with Crippen LogP contribution in [0.2, 0.25) is 5.02 Å². The van der Waals surface area contributed by atoms with Crippen molar-refractivity contribution in [2.24, 2.45) is 0 Å². The van der Waals surface area contributed by atoms with E-state index >= 15 is 0 Å². The maximum absolute atomic E-state index is 13.2. The highest BCUT2D eigenvalue weighted by atomic mass is 35.5. The Bertz CT molecular complexity index is 1660. The quantitative estimate of drug-likeness (QED) is 0.214. The highest BCUT2D eigenvalue weighted by Crippen LogP contribution is 2.37. The lowest BCUT2D eigenvalue weighted by atomic mass is 10.1. The number of hydrogen-bond acceptors (Lipinski definition) is 6. The molecule has 0 bridgehead atoms. The van der Waals surface area contributed by atoms with Gasteiger partial charge in [0.05, 0.1) is 12.8 Å². The Labute approximate surface area is 246 Å². The van der Waals surface area contributed by atoms with E-state index in [4.69, 9.17) is 32.7 Å². The number of methoxy groups -OCH3 is 1. The zero-order valence-electron chi connectivity index (χ0n) is 21.7. The molecule has 0 unspecified atom stereocenters. The molecule has 4 aromatic rings. The van der Waals surface area contributed by atoms with E-state index in [0.29, 0.717) is 34.3 Å². The molecule has 206 valence electrons. The molecular weight excluding hydrogens is 565 g/mol. The van der Waals surface area contributed by atoms with Gasteiger partial charge in [-0.25, -0.2) is 4.90 Å². The van der Waals surface area contributed by atoms with Crippen molar-refractivity contribution < 1.29 is 23.9 Å². The second kappa shape index (κ2) is 12.2. The molecule has 0 spiro atoms. The molecule has 5 rings (SSSR count). The molecule has 0 saturated heterocycles. The summed E-state index contributed by atoms with van der Waals surface area (Å²) < 4.78 is 11.1. The Balaban J connectivity index is 1.26. The highest BCUT2D eigenvalue weighted by Gasteiger charge is 2.40. The third kappa shape index (κ3) is 6.19. The summed E-state index contributed by atoms with van der Waals surface area (Å²) in [4.78, 5) is 40.0. The summed E-state index contributed by atoms with van der Waals surface area (Å²) in [7, 11) is 1.41. The number of halogens is 2. The van der Waals surface area contributed by atoms with Gasteiger partial charge in [-0.3, -0.25) is 14.4 Å².